The molecule has 1 N–H and O–H groups in total. The lowest BCUT2D eigenvalue weighted by molar-refractivity contribution is -0.176. The summed E-state index contributed by atoms with van der Waals surface area (Å²) in [7, 11) is 0. The van der Waals surface area contributed by atoms with Gasteiger partial charge >= 0.3 is 0 Å². The van der Waals surface area contributed by atoms with Crippen molar-refractivity contribution < 1.29 is 9.53 Å². The van der Waals surface area contributed by atoms with E-state index in [0.717, 1.165) is 21.2 Å². The fourth-order valence-corrected chi connectivity index (χ4v) is 5.00. The summed E-state index contributed by atoms with van der Waals surface area (Å²) in [5.74, 6) is -0.0609. The fraction of sp³-hybridized carbons (Fsp3) is 0.409. The lowest BCUT2D eigenvalue weighted by Crippen LogP contribution is -2.48. The molecule has 0 aliphatic carbocycles. The number of carbonyl (C=O) groups excluding carboxylic acids is 1. The van der Waals surface area contributed by atoms with Gasteiger partial charge in [-0.05, 0) is 63.6 Å². The lowest BCUT2D eigenvalue weighted by atomic mass is 9.80. The maximum Gasteiger partial charge on any atom is 0.229 e. The Morgan fingerprint density at radius 3 is 2.61 bits per heavy atom. The third-order valence-electron chi connectivity index (χ3n) is 5.06. The second kappa shape index (κ2) is 6.94. The Labute approximate surface area is 169 Å². The summed E-state index contributed by atoms with van der Waals surface area (Å²) in [6.45, 7) is 8.19. The highest BCUT2D eigenvalue weighted by Gasteiger charge is 2.42. The number of ether oxygens (including phenoxy) is 1. The summed E-state index contributed by atoms with van der Waals surface area (Å²) >= 11 is 1.50. The summed E-state index contributed by atoms with van der Waals surface area (Å²) < 4.78 is 6.09. The molecule has 1 aliphatic rings. The van der Waals surface area contributed by atoms with E-state index in [9.17, 15) is 4.79 Å². The van der Waals surface area contributed by atoms with Crippen molar-refractivity contribution in [2.24, 2.45) is 5.92 Å². The number of hydrogen-bond acceptors (Lipinski definition) is 5. The van der Waals surface area contributed by atoms with Crippen LogP contribution in [0, 0.1) is 5.92 Å². The molecule has 2 aromatic heterocycles. The molecule has 1 fully saturated rings. The normalized spacial score (nSPS) is 18.9. The molecule has 3 heterocycles. The molecule has 0 radical (unpaired) electrons. The third-order valence-corrected chi connectivity index (χ3v) is 6.02. The molecule has 0 atom stereocenters. The number of benzene rings is 1. The van der Waals surface area contributed by atoms with E-state index in [0.29, 0.717) is 18.0 Å². The van der Waals surface area contributed by atoms with Crippen molar-refractivity contribution in [2.75, 3.05) is 5.32 Å². The van der Waals surface area contributed by atoms with Crippen LogP contribution in [0.15, 0.2) is 42.9 Å². The van der Waals surface area contributed by atoms with Gasteiger partial charge in [-0.1, -0.05) is 23.5 Å². The van der Waals surface area contributed by atoms with E-state index in [1.54, 1.807) is 6.20 Å². The van der Waals surface area contributed by atoms with Gasteiger partial charge in [-0.25, -0.2) is 4.98 Å². The van der Waals surface area contributed by atoms with E-state index in [1.165, 1.54) is 11.3 Å². The number of hydrogen-bond donors (Lipinski definition) is 1. The second-order valence-corrected chi connectivity index (χ2v) is 9.71. The van der Waals surface area contributed by atoms with E-state index in [2.05, 4.69) is 33.5 Å². The van der Waals surface area contributed by atoms with E-state index in [-0.39, 0.29) is 23.0 Å². The molecule has 3 aromatic rings. The van der Waals surface area contributed by atoms with E-state index in [4.69, 9.17) is 4.74 Å². The van der Waals surface area contributed by atoms with E-state index >= 15 is 0 Å². The van der Waals surface area contributed by atoms with Crippen molar-refractivity contribution in [1.29, 1.82) is 0 Å². The van der Waals surface area contributed by atoms with Gasteiger partial charge < -0.3 is 10.1 Å². The Morgan fingerprint density at radius 2 is 1.86 bits per heavy atom. The van der Waals surface area contributed by atoms with Crippen LogP contribution in [0.1, 0.15) is 40.5 Å². The van der Waals surface area contributed by atoms with Crippen LogP contribution in [0.2, 0.25) is 0 Å². The minimum absolute atomic E-state index is 0.0231. The Kier molecular flexibility index (Phi) is 4.71. The van der Waals surface area contributed by atoms with Gasteiger partial charge in [0.25, 0.3) is 0 Å². The Morgan fingerprint density at radius 1 is 1.11 bits per heavy atom. The van der Waals surface area contributed by atoms with Crippen LogP contribution in [0.25, 0.3) is 21.2 Å². The number of rotatable bonds is 3. The Bertz CT molecular complexity index is 1010. The number of carbonyl (C=O) groups is 1. The minimum Gasteiger partial charge on any atom is -0.370 e. The highest BCUT2D eigenvalue weighted by Crippen LogP contribution is 2.39. The highest BCUT2D eigenvalue weighted by atomic mass is 32.1. The molecule has 0 bridgehead atoms. The number of fused-ring (bicyclic) bond motifs is 1. The molecule has 6 heteroatoms. The summed E-state index contributed by atoms with van der Waals surface area (Å²) in [5.41, 5.74) is 0.472. The van der Waals surface area contributed by atoms with Gasteiger partial charge in [0.2, 0.25) is 5.91 Å². The fourth-order valence-electron chi connectivity index (χ4n) is 4.19. The number of nitrogens with zero attached hydrogens (tertiary/aromatic N) is 2. The largest absolute Gasteiger partial charge is 0.370 e. The number of nitrogens with one attached hydrogen (secondary N) is 1. The van der Waals surface area contributed by atoms with Crippen molar-refractivity contribution in [3.05, 3.63) is 42.9 Å². The van der Waals surface area contributed by atoms with Gasteiger partial charge in [0.05, 0.1) is 16.1 Å². The maximum atomic E-state index is 12.9. The highest BCUT2D eigenvalue weighted by molar-refractivity contribution is 7.19. The average molecular weight is 396 g/mol. The molecule has 1 saturated heterocycles. The summed E-state index contributed by atoms with van der Waals surface area (Å²) in [6, 6.07) is 8.24. The first-order chi connectivity index (χ1) is 13.2. The molecule has 0 saturated carbocycles. The third kappa shape index (κ3) is 4.08. The number of pyridine rings is 1. The molecule has 0 unspecified atom stereocenters. The number of amides is 1. The zero-order valence-electron chi connectivity index (χ0n) is 16.7. The van der Waals surface area contributed by atoms with E-state index < -0.39 is 0 Å². The van der Waals surface area contributed by atoms with Crippen LogP contribution < -0.4 is 5.32 Å². The molecule has 1 amide bonds. The zero-order chi connectivity index (χ0) is 19.9. The van der Waals surface area contributed by atoms with Gasteiger partial charge in [-0.3, -0.25) is 9.78 Å². The summed E-state index contributed by atoms with van der Waals surface area (Å²) in [4.78, 5) is 22.5. The van der Waals surface area contributed by atoms with Gasteiger partial charge in [0.1, 0.15) is 0 Å². The molecule has 146 valence electrons. The first kappa shape index (κ1) is 19.0. The molecular formula is C22H25N3O2S. The quantitative estimate of drug-likeness (QED) is 0.655. The maximum absolute atomic E-state index is 12.9. The predicted octanol–water partition coefficient (Wildman–Crippen LogP) is 5.28. The molecule has 0 spiro atoms. The van der Waals surface area contributed by atoms with E-state index in [1.807, 2.05) is 46.2 Å². The zero-order valence-corrected chi connectivity index (χ0v) is 17.5. The van der Waals surface area contributed by atoms with Crippen molar-refractivity contribution in [1.82, 2.24) is 9.97 Å². The van der Waals surface area contributed by atoms with Crippen molar-refractivity contribution in [3.8, 4) is 10.4 Å². The van der Waals surface area contributed by atoms with Gasteiger partial charge in [-0.15, -0.1) is 0 Å². The molecule has 1 aliphatic heterocycles. The van der Waals surface area contributed by atoms with Gasteiger partial charge in [0.15, 0.2) is 5.13 Å². The monoisotopic (exact) mass is 395 g/mol. The molecule has 5 nitrogen and oxygen atoms in total. The predicted molar refractivity (Wildman–Crippen MR) is 113 cm³/mol. The molecule has 28 heavy (non-hydrogen) atoms. The molecule has 4 rings (SSSR count). The topological polar surface area (TPSA) is 64.1 Å². The second-order valence-electron chi connectivity index (χ2n) is 8.68. The van der Waals surface area contributed by atoms with Crippen LogP contribution in [-0.4, -0.2) is 27.1 Å². The minimum atomic E-state index is -0.308. The van der Waals surface area contributed by atoms with Crippen LogP contribution >= 0.6 is 11.3 Å². The summed E-state index contributed by atoms with van der Waals surface area (Å²) in [6.07, 6.45) is 6.88. The van der Waals surface area contributed by atoms with Crippen LogP contribution in [0.3, 0.4) is 0 Å². The van der Waals surface area contributed by atoms with Gasteiger partial charge in [-0.2, -0.15) is 0 Å². The number of thiazole rings is 1. The first-order valence-corrected chi connectivity index (χ1v) is 10.3. The summed E-state index contributed by atoms with van der Waals surface area (Å²) in [5, 5.41) is 5.90. The van der Waals surface area contributed by atoms with Gasteiger partial charge in [0, 0.05) is 29.9 Å². The first-order valence-electron chi connectivity index (χ1n) is 9.52. The van der Waals surface area contributed by atoms with Crippen molar-refractivity contribution in [2.45, 2.75) is 51.7 Å². The Balaban J connectivity index is 1.50. The number of aromatic nitrogens is 2. The van der Waals surface area contributed by atoms with Crippen molar-refractivity contribution >= 4 is 33.1 Å². The SMILES string of the molecule is CC1(C)CC(C(=O)Nc2ncc(-c3ccc4cnccc4c3)s2)CC(C)(C)O1. The average Bonchev–Trinajstić information content (AvgIpc) is 3.07. The van der Waals surface area contributed by atoms with Crippen molar-refractivity contribution in [3.63, 3.8) is 0 Å². The molecular weight excluding hydrogens is 370 g/mol. The number of anilines is 1. The molecule has 1 aromatic carbocycles. The lowest BCUT2D eigenvalue weighted by Gasteiger charge is -2.44. The van der Waals surface area contributed by atoms with Crippen LogP contribution in [-0.2, 0) is 9.53 Å². The smallest absolute Gasteiger partial charge is 0.229 e. The Hall–Kier alpha value is -2.31. The van der Waals surface area contributed by atoms with Crippen LogP contribution in [0.4, 0.5) is 5.13 Å². The van der Waals surface area contributed by atoms with Crippen LogP contribution in [0.5, 0.6) is 0 Å². The standard InChI is InChI=1S/C22H25N3O2S/c1-21(2)10-17(11-22(3,4)27-21)19(26)25-20-24-13-18(28-20)15-5-6-16-12-23-8-7-14(16)9-15/h5-9,12-13,17H,10-11H2,1-4H3,(H,24,25,26).